The summed E-state index contributed by atoms with van der Waals surface area (Å²) in [4.78, 5) is 29.0. The molecule has 1 aliphatic heterocycles. The van der Waals surface area contributed by atoms with Crippen molar-refractivity contribution in [3.05, 3.63) is 76.4 Å². The number of hydrogen-bond donors (Lipinski definition) is 3. The molecular formula is C31H35ClF2N4O4. The van der Waals surface area contributed by atoms with Crippen molar-refractivity contribution in [3.63, 3.8) is 0 Å². The summed E-state index contributed by atoms with van der Waals surface area (Å²) < 4.78 is 32.8. The van der Waals surface area contributed by atoms with Crippen molar-refractivity contribution < 1.29 is 28.0 Å². The minimum atomic E-state index is -0.891. The number of rotatable bonds is 8. The van der Waals surface area contributed by atoms with Gasteiger partial charge in [-0.25, -0.2) is 8.78 Å². The molecule has 2 aliphatic rings. The molecule has 2 heterocycles. The van der Waals surface area contributed by atoms with E-state index in [1.165, 1.54) is 12.1 Å². The molecule has 2 fully saturated rings. The van der Waals surface area contributed by atoms with Gasteiger partial charge in [-0.2, -0.15) is 0 Å². The lowest BCUT2D eigenvalue weighted by Gasteiger charge is -2.54. The fourth-order valence-corrected chi connectivity index (χ4v) is 6.42. The van der Waals surface area contributed by atoms with E-state index in [-0.39, 0.29) is 35.4 Å². The average molecular weight is 601 g/mol. The largest absolute Gasteiger partial charge is 0.390 e. The van der Waals surface area contributed by atoms with Gasteiger partial charge in [0, 0.05) is 36.3 Å². The fourth-order valence-electron chi connectivity index (χ4n) is 6.05. The molecule has 0 bridgehead atoms. The molecule has 0 unspecified atom stereocenters. The topological polar surface area (TPSA) is 108 Å². The molecule has 1 aliphatic carbocycles. The normalized spacial score (nSPS) is 22.3. The third-order valence-corrected chi connectivity index (χ3v) is 8.71. The summed E-state index contributed by atoms with van der Waals surface area (Å²) in [5.74, 6) is -2.43. The summed E-state index contributed by atoms with van der Waals surface area (Å²) >= 11 is 6.40. The number of benzene rings is 2. The Balaban J connectivity index is 1.32. The molecule has 8 nitrogen and oxygen atoms in total. The summed E-state index contributed by atoms with van der Waals surface area (Å²) in [6.07, 6.45) is 3.01. The number of aromatic nitrogens is 1. The first kappa shape index (κ1) is 30.1. The van der Waals surface area contributed by atoms with E-state index in [1.807, 2.05) is 39.0 Å². The van der Waals surface area contributed by atoms with Gasteiger partial charge in [-0.3, -0.25) is 14.5 Å². The second-order valence-electron chi connectivity index (χ2n) is 12.4. The number of halogens is 3. The average Bonchev–Trinajstić information content (AvgIpc) is 3.37. The first-order chi connectivity index (χ1) is 19.8. The Kier molecular flexibility index (Phi) is 8.17. The molecule has 1 aromatic heterocycles. The Morgan fingerprint density at radius 1 is 1.14 bits per heavy atom. The van der Waals surface area contributed by atoms with Crippen LogP contribution in [-0.2, 0) is 10.3 Å². The van der Waals surface area contributed by atoms with Gasteiger partial charge in [0.15, 0.2) is 11.5 Å². The molecule has 2 amide bonds. The lowest BCUT2D eigenvalue weighted by molar-refractivity contribution is -0.127. The Morgan fingerprint density at radius 2 is 1.83 bits per heavy atom. The maximum absolute atomic E-state index is 14.3. The third-order valence-electron chi connectivity index (χ3n) is 8.38. The van der Waals surface area contributed by atoms with Gasteiger partial charge in [-0.05, 0) is 70.2 Å². The van der Waals surface area contributed by atoms with E-state index >= 15 is 0 Å². The van der Waals surface area contributed by atoms with Crippen LogP contribution in [0.5, 0.6) is 0 Å². The second-order valence-corrected chi connectivity index (χ2v) is 12.8. The second kappa shape index (κ2) is 11.4. The smallest absolute Gasteiger partial charge is 0.274 e. The predicted molar refractivity (Wildman–Crippen MR) is 154 cm³/mol. The van der Waals surface area contributed by atoms with Crippen molar-refractivity contribution in [1.29, 1.82) is 0 Å². The van der Waals surface area contributed by atoms with Crippen molar-refractivity contribution in [3.8, 4) is 11.3 Å². The van der Waals surface area contributed by atoms with Crippen LogP contribution < -0.4 is 10.6 Å². The Hall–Kier alpha value is -3.34. The zero-order chi connectivity index (χ0) is 30.3. The number of carbonyl (C=O) groups is 2. The number of nitrogens with zero attached hydrogens (tertiary/aromatic N) is 2. The van der Waals surface area contributed by atoms with Gasteiger partial charge in [0.05, 0.1) is 28.7 Å². The monoisotopic (exact) mass is 600 g/mol. The highest BCUT2D eigenvalue weighted by molar-refractivity contribution is 6.31. The minimum absolute atomic E-state index is 0.00482. The summed E-state index contributed by atoms with van der Waals surface area (Å²) in [6.45, 7) is 6.44. The molecule has 5 rings (SSSR count). The highest BCUT2D eigenvalue weighted by atomic mass is 35.5. The van der Waals surface area contributed by atoms with Crippen molar-refractivity contribution in [2.75, 3.05) is 13.1 Å². The number of likely N-dealkylation sites (tertiary alicyclic amines) is 1. The van der Waals surface area contributed by atoms with Gasteiger partial charge in [0.25, 0.3) is 5.91 Å². The zero-order valence-corrected chi connectivity index (χ0v) is 24.6. The Morgan fingerprint density at radius 3 is 2.50 bits per heavy atom. The first-order valence-corrected chi connectivity index (χ1v) is 14.4. The molecule has 3 aromatic rings. The van der Waals surface area contributed by atoms with Crippen LogP contribution in [0.15, 0.2) is 53.1 Å². The number of nitrogens with one attached hydrogen (secondary N) is 2. The number of amides is 2. The van der Waals surface area contributed by atoms with Gasteiger partial charge < -0.3 is 20.3 Å². The fraction of sp³-hybridized carbons (Fsp3) is 0.452. The van der Waals surface area contributed by atoms with Crippen molar-refractivity contribution in [2.45, 2.75) is 75.6 Å². The Bertz CT molecular complexity index is 1480. The molecule has 2 aromatic carbocycles. The van der Waals surface area contributed by atoms with Crippen LogP contribution in [0.4, 0.5) is 8.78 Å². The summed E-state index contributed by atoms with van der Waals surface area (Å²) in [5.41, 5.74) is -1.67. The maximum atomic E-state index is 14.3. The van der Waals surface area contributed by atoms with E-state index in [9.17, 15) is 23.5 Å². The summed E-state index contributed by atoms with van der Waals surface area (Å²) in [6, 6.07) is 11.8. The van der Waals surface area contributed by atoms with E-state index in [0.717, 1.165) is 30.5 Å². The van der Waals surface area contributed by atoms with E-state index in [4.69, 9.17) is 16.1 Å². The van der Waals surface area contributed by atoms with Gasteiger partial charge in [0.1, 0.15) is 11.6 Å². The predicted octanol–water partition coefficient (Wildman–Crippen LogP) is 5.19. The minimum Gasteiger partial charge on any atom is -0.390 e. The maximum Gasteiger partial charge on any atom is 0.274 e. The summed E-state index contributed by atoms with van der Waals surface area (Å²) in [7, 11) is 0. The highest BCUT2D eigenvalue weighted by Gasteiger charge is 2.49. The molecule has 224 valence electrons. The van der Waals surface area contributed by atoms with Crippen LogP contribution in [0.25, 0.3) is 11.3 Å². The number of hydrogen-bond acceptors (Lipinski definition) is 6. The van der Waals surface area contributed by atoms with Crippen LogP contribution in [-0.4, -0.2) is 57.2 Å². The lowest BCUT2D eigenvalue weighted by Crippen LogP contribution is -2.73. The van der Waals surface area contributed by atoms with Gasteiger partial charge in [-0.1, -0.05) is 35.0 Å². The SMILES string of the molecule is CC1(O)CCC(N2CC(CC(=O)NC(C)(C)c3ccccc3Cl)(NC(=O)c3cc(-c4ccc(F)cc4F)on3)C2)CC1. The standard InChI is InChI=1S/C31H35ClF2N4O4/c1-29(2,22-6-4-5-7-23(22)32)35-27(39)16-31(17-38(18-31)20-10-12-30(3,41)13-11-20)36-28(40)25-15-26(42-37-25)21-9-8-19(33)14-24(21)34/h4-9,14-15,20,41H,10-13,16-18H2,1-3H3,(H,35,39)(H,36,40). The molecule has 3 N–H and O–H groups in total. The lowest BCUT2D eigenvalue weighted by atomic mass is 9.78. The molecule has 42 heavy (non-hydrogen) atoms. The number of aliphatic hydroxyl groups is 1. The van der Waals surface area contributed by atoms with Gasteiger partial charge >= 0.3 is 0 Å². The summed E-state index contributed by atoms with van der Waals surface area (Å²) in [5, 5.41) is 20.8. The molecule has 1 saturated carbocycles. The van der Waals surface area contributed by atoms with Crippen molar-refractivity contribution in [2.24, 2.45) is 0 Å². The van der Waals surface area contributed by atoms with Crippen LogP contribution in [0.1, 0.15) is 68.9 Å². The molecule has 0 radical (unpaired) electrons. The highest BCUT2D eigenvalue weighted by Crippen LogP contribution is 2.37. The van der Waals surface area contributed by atoms with Crippen LogP contribution in [0.2, 0.25) is 5.02 Å². The van der Waals surface area contributed by atoms with E-state index in [2.05, 4.69) is 20.7 Å². The molecular weight excluding hydrogens is 566 g/mol. The van der Waals surface area contributed by atoms with E-state index < -0.39 is 34.2 Å². The van der Waals surface area contributed by atoms with Gasteiger partial charge in [0.2, 0.25) is 5.91 Å². The molecule has 1 saturated heterocycles. The van der Waals surface area contributed by atoms with Crippen LogP contribution in [0.3, 0.4) is 0 Å². The number of carbonyl (C=O) groups excluding carboxylic acids is 2. The molecule has 0 spiro atoms. The molecule has 0 atom stereocenters. The first-order valence-electron chi connectivity index (χ1n) is 14.0. The molecule has 11 heteroatoms. The van der Waals surface area contributed by atoms with E-state index in [0.29, 0.717) is 31.0 Å². The zero-order valence-electron chi connectivity index (χ0n) is 23.8. The third kappa shape index (κ3) is 6.50. The Labute approximate surface area is 248 Å². The van der Waals surface area contributed by atoms with Crippen LogP contribution >= 0.6 is 11.6 Å². The quantitative estimate of drug-likeness (QED) is 0.328. The van der Waals surface area contributed by atoms with E-state index in [1.54, 1.807) is 6.07 Å². The van der Waals surface area contributed by atoms with Crippen molar-refractivity contribution >= 4 is 23.4 Å². The van der Waals surface area contributed by atoms with Gasteiger partial charge in [-0.15, -0.1) is 0 Å². The van der Waals surface area contributed by atoms with Crippen LogP contribution in [0, 0.1) is 11.6 Å². The van der Waals surface area contributed by atoms with Crippen molar-refractivity contribution in [1.82, 2.24) is 20.7 Å².